The van der Waals surface area contributed by atoms with Gasteiger partial charge in [0.2, 0.25) is 0 Å². The lowest BCUT2D eigenvalue weighted by Crippen LogP contribution is -2.00. The molecule has 1 aromatic carbocycles. The molecule has 0 bridgehead atoms. The molecule has 0 N–H and O–H groups in total. The number of fused-ring (bicyclic) bond motifs is 1. The number of ether oxygens (including phenoxy) is 1. The number of aromatic nitrogens is 1. The van der Waals surface area contributed by atoms with Gasteiger partial charge in [-0.3, -0.25) is 4.98 Å². The Bertz CT molecular complexity index is 563. The van der Waals surface area contributed by atoms with Gasteiger partial charge in [0.15, 0.2) is 0 Å². The van der Waals surface area contributed by atoms with E-state index in [2.05, 4.69) is 44.0 Å². The molecule has 0 atom stereocenters. The number of hydrogen-bond acceptors (Lipinski definition) is 2. The Kier molecular flexibility index (Phi) is 13.2. The first-order valence-corrected chi connectivity index (χ1v) is 9.71. The highest BCUT2D eigenvalue weighted by Gasteiger charge is 2.07. The molecule has 2 nitrogen and oxygen atoms in total. The summed E-state index contributed by atoms with van der Waals surface area (Å²) in [4.78, 5) is 4.59. The van der Waals surface area contributed by atoms with Crippen LogP contribution in [0.2, 0.25) is 0 Å². The molecule has 0 saturated carbocycles. The summed E-state index contributed by atoms with van der Waals surface area (Å²) in [6.07, 6.45) is 6.20. The van der Waals surface area contributed by atoms with E-state index in [1.165, 1.54) is 22.1 Å². The molecule has 0 saturated heterocycles. The highest BCUT2D eigenvalue weighted by atomic mass is 16.5. The fourth-order valence-electron chi connectivity index (χ4n) is 2.53. The lowest BCUT2D eigenvalue weighted by molar-refractivity contribution is 0.132. The maximum atomic E-state index is 5.58. The Balaban J connectivity index is 0.00000123. The minimum Gasteiger partial charge on any atom is -0.381 e. The monoisotopic (exact) mass is 331 g/mol. The van der Waals surface area contributed by atoms with Gasteiger partial charge in [-0.25, -0.2) is 0 Å². The third-order valence-corrected chi connectivity index (χ3v) is 3.69. The summed E-state index contributed by atoms with van der Waals surface area (Å²) < 4.78 is 5.58. The Morgan fingerprint density at radius 1 is 1.00 bits per heavy atom. The molecule has 1 heterocycles. The van der Waals surface area contributed by atoms with Crippen LogP contribution in [0.5, 0.6) is 0 Å². The summed E-state index contributed by atoms with van der Waals surface area (Å²) in [6, 6.07) is 6.69. The van der Waals surface area contributed by atoms with Crippen LogP contribution in [-0.4, -0.2) is 18.2 Å². The van der Waals surface area contributed by atoms with Crippen molar-refractivity contribution < 1.29 is 4.74 Å². The molecule has 1 aromatic heterocycles. The average molecular weight is 332 g/mol. The van der Waals surface area contributed by atoms with Gasteiger partial charge >= 0.3 is 0 Å². The molecular weight excluding hydrogens is 294 g/mol. The molecular formula is C22H37NO. The Morgan fingerprint density at radius 2 is 1.71 bits per heavy atom. The van der Waals surface area contributed by atoms with E-state index in [0.717, 1.165) is 44.4 Å². The van der Waals surface area contributed by atoms with Crippen LogP contribution in [0.4, 0.5) is 0 Å². The number of benzene rings is 1. The zero-order valence-electron chi connectivity index (χ0n) is 16.9. The van der Waals surface area contributed by atoms with Gasteiger partial charge in [-0.05, 0) is 61.4 Å². The van der Waals surface area contributed by atoms with Crippen molar-refractivity contribution in [1.82, 2.24) is 4.98 Å². The van der Waals surface area contributed by atoms with Gasteiger partial charge < -0.3 is 4.74 Å². The maximum absolute atomic E-state index is 5.58. The summed E-state index contributed by atoms with van der Waals surface area (Å²) >= 11 is 0. The third-order valence-electron chi connectivity index (χ3n) is 3.69. The second-order valence-electron chi connectivity index (χ2n) is 5.35. The molecule has 2 rings (SSSR count). The van der Waals surface area contributed by atoms with Crippen LogP contribution in [0.3, 0.4) is 0 Å². The fourth-order valence-corrected chi connectivity index (χ4v) is 2.53. The number of aryl methyl sites for hydroxylation is 3. The van der Waals surface area contributed by atoms with Crippen molar-refractivity contribution in [1.29, 1.82) is 0 Å². The summed E-state index contributed by atoms with van der Waals surface area (Å²) in [5.41, 5.74) is 5.24. The van der Waals surface area contributed by atoms with Gasteiger partial charge in [0, 0.05) is 24.8 Å². The predicted octanol–water partition coefficient (Wildman–Crippen LogP) is 6.52. The Morgan fingerprint density at radius 3 is 2.33 bits per heavy atom. The molecule has 136 valence electrons. The Hall–Kier alpha value is -1.41. The summed E-state index contributed by atoms with van der Waals surface area (Å²) in [5, 5.41) is 1.30. The lowest BCUT2D eigenvalue weighted by atomic mass is 9.98. The van der Waals surface area contributed by atoms with Gasteiger partial charge in [0.25, 0.3) is 0 Å². The van der Waals surface area contributed by atoms with E-state index in [9.17, 15) is 0 Å². The first kappa shape index (κ1) is 22.6. The van der Waals surface area contributed by atoms with Crippen LogP contribution >= 0.6 is 0 Å². The number of pyridine rings is 1. The predicted molar refractivity (Wildman–Crippen MR) is 108 cm³/mol. The molecule has 0 aliphatic carbocycles. The van der Waals surface area contributed by atoms with Crippen LogP contribution in [0.15, 0.2) is 24.4 Å². The number of nitrogens with zero attached hydrogens (tertiary/aromatic N) is 1. The normalized spacial score (nSPS) is 9.79. The highest BCUT2D eigenvalue weighted by molar-refractivity contribution is 5.85. The zero-order chi connectivity index (χ0) is 18.4. The molecule has 0 unspecified atom stereocenters. The Labute approximate surface area is 149 Å². The standard InChI is InChI=1S/C18H25NO.2C2H6/c1-4-10-20-11-6-7-16-12-15(5-2)13-17-14(3)8-9-19-18(16)17;2*1-2/h8-9,12-13H,4-7,10-11H2,1-3H3;2*1-2H3. The van der Waals surface area contributed by atoms with Gasteiger partial charge in [-0.15, -0.1) is 0 Å². The second kappa shape index (κ2) is 14.0. The summed E-state index contributed by atoms with van der Waals surface area (Å²) in [6.45, 7) is 16.2. The minimum atomic E-state index is 0.845. The van der Waals surface area contributed by atoms with Crippen molar-refractivity contribution in [2.75, 3.05) is 13.2 Å². The average Bonchev–Trinajstić information content (AvgIpc) is 2.65. The molecule has 0 spiro atoms. The maximum Gasteiger partial charge on any atom is 0.0736 e. The van der Waals surface area contributed by atoms with E-state index in [-0.39, 0.29) is 0 Å². The SMILES string of the molecule is CC.CC.CCCOCCCc1cc(CC)cc2c(C)ccnc12. The summed E-state index contributed by atoms with van der Waals surface area (Å²) in [5.74, 6) is 0. The number of rotatable bonds is 7. The number of hydrogen-bond donors (Lipinski definition) is 0. The molecule has 0 fully saturated rings. The second-order valence-corrected chi connectivity index (χ2v) is 5.35. The van der Waals surface area contributed by atoms with E-state index in [1.54, 1.807) is 0 Å². The molecule has 2 heteroatoms. The minimum absolute atomic E-state index is 0.845. The van der Waals surface area contributed by atoms with Crippen LogP contribution < -0.4 is 0 Å². The topological polar surface area (TPSA) is 22.1 Å². The molecule has 0 radical (unpaired) electrons. The van der Waals surface area contributed by atoms with Crippen molar-refractivity contribution in [3.8, 4) is 0 Å². The fraction of sp³-hybridized carbons (Fsp3) is 0.591. The van der Waals surface area contributed by atoms with Gasteiger partial charge in [0.05, 0.1) is 5.52 Å². The first-order chi connectivity index (χ1) is 11.8. The van der Waals surface area contributed by atoms with Crippen molar-refractivity contribution in [3.05, 3.63) is 41.1 Å². The van der Waals surface area contributed by atoms with Crippen molar-refractivity contribution in [2.45, 2.75) is 74.1 Å². The molecule has 0 aliphatic rings. The van der Waals surface area contributed by atoms with Crippen molar-refractivity contribution >= 4 is 10.9 Å². The van der Waals surface area contributed by atoms with Crippen LogP contribution in [0, 0.1) is 6.92 Å². The largest absolute Gasteiger partial charge is 0.381 e. The van der Waals surface area contributed by atoms with Crippen molar-refractivity contribution in [2.24, 2.45) is 0 Å². The first-order valence-electron chi connectivity index (χ1n) is 9.71. The summed E-state index contributed by atoms with van der Waals surface area (Å²) in [7, 11) is 0. The van der Waals surface area contributed by atoms with E-state index in [1.807, 2.05) is 33.9 Å². The van der Waals surface area contributed by atoms with Gasteiger partial charge in [-0.1, -0.05) is 47.6 Å². The molecule has 24 heavy (non-hydrogen) atoms. The van der Waals surface area contributed by atoms with Crippen molar-refractivity contribution in [3.63, 3.8) is 0 Å². The van der Waals surface area contributed by atoms with E-state index < -0.39 is 0 Å². The van der Waals surface area contributed by atoms with E-state index in [4.69, 9.17) is 4.74 Å². The quantitative estimate of drug-likeness (QED) is 0.539. The van der Waals surface area contributed by atoms with E-state index in [0.29, 0.717) is 0 Å². The van der Waals surface area contributed by atoms with Gasteiger partial charge in [0.1, 0.15) is 0 Å². The smallest absolute Gasteiger partial charge is 0.0736 e. The lowest BCUT2D eigenvalue weighted by Gasteiger charge is -2.10. The van der Waals surface area contributed by atoms with Gasteiger partial charge in [-0.2, -0.15) is 0 Å². The third kappa shape index (κ3) is 7.00. The van der Waals surface area contributed by atoms with Crippen LogP contribution in [0.25, 0.3) is 10.9 Å². The molecule has 0 aliphatic heterocycles. The van der Waals surface area contributed by atoms with Crippen LogP contribution in [-0.2, 0) is 17.6 Å². The molecule has 2 aromatic rings. The molecule has 0 amide bonds. The van der Waals surface area contributed by atoms with Crippen LogP contribution in [0.1, 0.15) is 71.1 Å². The zero-order valence-corrected chi connectivity index (χ0v) is 16.9. The highest BCUT2D eigenvalue weighted by Crippen LogP contribution is 2.23. The van der Waals surface area contributed by atoms with E-state index >= 15 is 0 Å².